The number of halogens is 1. The molecule has 3 rings (SSSR count). The number of rotatable bonds is 3. The van der Waals surface area contributed by atoms with E-state index in [-0.39, 0.29) is 23.7 Å². The van der Waals surface area contributed by atoms with Gasteiger partial charge >= 0.3 is 0 Å². The number of nitrogens with one attached hydrogen (secondary N) is 1. The number of amides is 1. The van der Waals surface area contributed by atoms with E-state index in [4.69, 9.17) is 25.5 Å². The van der Waals surface area contributed by atoms with E-state index >= 15 is 0 Å². The van der Waals surface area contributed by atoms with Gasteiger partial charge in [-0.15, -0.1) is 0 Å². The van der Waals surface area contributed by atoms with Crippen molar-refractivity contribution >= 4 is 17.5 Å². The predicted octanol–water partition coefficient (Wildman–Crippen LogP) is 2.59. The number of carbonyl (C=O) groups excluding carboxylic acids is 1. The van der Waals surface area contributed by atoms with Gasteiger partial charge in [-0.3, -0.25) is 4.79 Å². The highest BCUT2D eigenvalue weighted by atomic mass is 35.5. The molecule has 0 aliphatic carbocycles. The van der Waals surface area contributed by atoms with Crippen molar-refractivity contribution in [1.29, 1.82) is 0 Å². The summed E-state index contributed by atoms with van der Waals surface area (Å²) in [6, 6.07) is 8.57. The average molecular weight is 280 g/mol. The Bertz CT molecular complexity index is 623. The summed E-state index contributed by atoms with van der Waals surface area (Å²) in [6.45, 7) is 0.526. The average Bonchev–Trinajstić information content (AvgIpc) is 3.04. The van der Waals surface area contributed by atoms with E-state index in [2.05, 4.69) is 5.32 Å². The topological polar surface area (TPSA) is 60.7 Å². The van der Waals surface area contributed by atoms with Crippen LogP contribution in [-0.4, -0.2) is 12.7 Å². The maximum absolute atomic E-state index is 11.8. The molecule has 1 amide bonds. The Labute approximate surface area is 114 Å². The number of fused-ring (bicyclic) bond motifs is 1. The van der Waals surface area contributed by atoms with Crippen molar-refractivity contribution < 1.29 is 18.7 Å². The van der Waals surface area contributed by atoms with E-state index in [0.29, 0.717) is 18.0 Å². The molecule has 1 aromatic heterocycles. The molecular weight excluding hydrogens is 270 g/mol. The number of carbonyl (C=O) groups is 1. The first kappa shape index (κ1) is 11.9. The van der Waals surface area contributed by atoms with E-state index in [0.717, 1.165) is 5.56 Å². The fraction of sp³-hybridized carbons (Fsp3) is 0.154. The molecule has 1 aliphatic heterocycles. The molecule has 0 unspecified atom stereocenters. The maximum Gasteiger partial charge on any atom is 0.287 e. The Morgan fingerprint density at radius 1 is 1.26 bits per heavy atom. The second-order valence-corrected chi connectivity index (χ2v) is 4.31. The molecule has 1 aliphatic rings. The van der Waals surface area contributed by atoms with Gasteiger partial charge in [-0.05, 0) is 29.8 Å². The number of furan rings is 1. The van der Waals surface area contributed by atoms with E-state index in [9.17, 15) is 4.79 Å². The summed E-state index contributed by atoms with van der Waals surface area (Å²) >= 11 is 5.62. The molecule has 1 aromatic carbocycles. The molecule has 0 atom stereocenters. The fourth-order valence-corrected chi connectivity index (χ4v) is 1.97. The van der Waals surface area contributed by atoms with Gasteiger partial charge in [0, 0.05) is 12.1 Å². The van der Waals surface area contributed by atoms with Crippen LogP contribution in [0.5, 0.6) is 11.5 Å². The minimum atomic E-state index is -0.330. The molecule has 0 fully saturated rings. The van der Waals surface area contributed by atoms with Crippen LogP contribution >= 0.6 is 11.6 Å². The SMILES string of the molecule is O=C(NCc1cccc2c1OCO2)c1ccc(Cl)o1. The smallest absolute Gasteiger partial charge is 0.287 e. The van der Waals surface area contributed by atoms with Gasteiger partial charge in [0.2, 0.25) is 6.79 Å². The van der Waals surface area contributed by atoms with Gasteiger partial charge in [0.05, 0.1) is 0 Å². The quantitative estimate of drug-likeness (QED) is 0.938. The third-order valence-electron chi connectivity index (χ3n) is 2.71. The molecule has 1 N–H and O–H groups in total. The lowest BCUT2D eigenvalue weighted by Gasteiger charge is -2.06. The molecule has 98 valence electrons. The number of hydrogen-bond donors (Lipinski definition) is 1. The Kier molecular flexibility index (Phi) is 3.05. The monoisotopic (exact) mass is 279 g/mol. The lowest BCUT2D eigenvalue weighted by Crippen LogP contribution is -2.22. The van der Waals surface area contributed by atoms with E-state index < -0.39 is 0 Å². The molecule has 0 spiro atoms. The highest BCUT2D eigenvalue weighted by Gasteiger charge is 2.18. The second kappa shape index (κ2) is 4.85. The van der Waals surface area contributed by atoms with Crippen LogP contribution in [0.1, 0.15) is 16.1 Å². The Balaban J connectivity index is 1.70. The third kappa shape index (κ3) is 2.37. The first-order valence-electron chi connectivity index (χ1n) is 5.65. The first-order valence-corrected chi connectivity index (χ1v) is 6.03. The fourth-order valence-electron chi connectivity index (χ4n) is 1.83. The van der Waals surface area contributed by atoms with Crippen molar-refractivity contribution in [3.8, 4) is 11.5 Å². The molecule has 0 saturated carbocycles. The summed E-state index contributed by atoms with van der Waals surface area (Å²) < 4.78 is 15.6. The summed E-state index contributed by atoms with van der Waals surface area (Å²) in [6.07, 6.45) is 0. The number of benzene rings is 1. The number of hydrogen-bond acceptors (Lipinski definition) is 4. The van der Waals surface area contributed by atoms with Crippen molar-refractivity contribution in [3.63, 3.8) is 0 Å². The first-order chi connectivity index (χ1) is 9.24. The van der Waals surface area contributed by atoms with Crippen LogP contribution in [-0.2, 0) is 6.54 Å². The molecular formula is C13H10ClNO4. The normalized spacial score (nSPS) is 12.5. The van der Waals surface area contributed by atoms with Crippen LogP contribution in [0.2, 0.25) is 5.22 Å². The Hall–Kier alpha value is -2.14. The standard InChI is InChI=1S/C13H10ClNO4/c14-11-5-4-10(19-11)13(16)15-6-8-2-1-3-9-12(8)18-7-17-9/h1-5H,6-7H2,(H,15,16). The summed E-state index contributed by atoms with van der Waals surface area (Å²) in [7, 11) is 0. The Morgan fingerprint density at radius 3 is 2.95 bits per heavy atom. The van der Waals surface area contributed by atoms with Gasteiger partial charge in [-0.1, -0.05) is 12.1 Å². The molecule has 0 saturated heterocycles. The summed E-state index contributed by atoms with van der Waals surface area (Å²) in [5, 5.41) is 2.91. The molecule has 0 radical (unpaired) electrons. The molecule has 0 bridgehead atoms. The van der Waals surface area contributed by atoms with E-state index in [1.54, 1.807) is 0 Å². The van der Waals surface area contributed by atoms with Crippen LogP contribution in [0.15, 0.2) is 34.7 Å². The highest BCUT2D eigenvalue weighted by molar-refractivity contribution is 6.29. The highest BCUT2D eigenvalue weighted by Crippen LogP contribution is 2.35. The zero-order chi connectivity index (χ0) is 13.2. The molecule has 5 nitrogen and oxygen atoms in total. The summed E-state index contributed by atoms with van der Waals surface area (Å²) in [4.78, 5) is 11.8. The molecule has 6 heteroatoms. The Morgan fingerprint density at radius 2 is 2.16 bits per heavy atom. The minimum absolute atomic E-state index is 0.176. The van der Waals surface area contributed by atoms with Crippen LogP contribution in [0, 0.1) is 0 Å². The van der Waals surface area contributed by atoms with Gasteiger partial charge in [0.1, 0.15) is 0 Å². The van der Waals surface area contributed by atoms with Gasteiger partial charge in [0.15, 0.2) is 22.5 Å². The second-order valence-electron chi connectivity index (χ2n) is 3.94. The number of para-hydroxylation sites is 1. The maximum atomic E-state index is 11.8. The largest absolute Gasteiger partial charge is 0.454 e. The van der Waals surface area contributed by atoms with Crippen LogP contribution in [0.25, 0.3) is 0 Å². The minimum Gasteiger partial charge on any atom is -0.454 e. The van der Waals surface area contributed by atoms with Crippen LogP contribution < -0.4 is 14.8 Å². The van der Waals surface area contributed by atoms with Crippen LogP contribution in [0.3, 0.4) is 0 Å². The lowest BCUT2D eigenvalue weighted by atomic mass is 10.2. The summed E-state index contributed by atoms with van der Waals surface area (Å²) in [5.74, 6) is 1.20. The van der Waals surface area contributed by atoms with E-state index in [1.807, 2.05) is 18.2 Å². The van der Waals surface area contributed by atoms with Crippen molar-refractivity contribution in [2.45, 2.75) is 6.54 Å². The van der Waals surface area contributed by atoms with Crippen molar-refractivity contribution in [2.75, 3.05) is 6.79 Å². The van der Waals surface area contributed by atoms with Crippen molar-refractivity contribution in [1.82, 2.24) is 5.32 Å². The zero-order valence-corrected chi connectivity index (χ0v) is 10.6. The van der Waals surface area contributed by atoms with Crippen molar-refractivity contribution in [3.05, 3.63) is 46.9 Å². The van der Waals surface area contributed by atoms with Crippen LogP contribution in [0.4, 0.5) is 0 Å². The predicted molar refractivity (Wildman–Crippen MR) is 67.5 cm³/mol. The molecule has 2 heterocycles. The number of ether oxygens (including phenoxy) is 2. The van der Waals surface area contributed by atoms with Gasteiger partial charge in [-0.25, -0.2) is 0 Å². The van der Waals surface area contributed by atoms with Gasteiger partial charge in [-0.2, -0.15) is 0 Å². The summed E-state index contributed by atoms with van der Waals surface area (Å²) in [5.41, 5.74) is 0.848. The van der Waals surface area contributed by atoms with E-state index in [1.165, 1.54) is 12.1 Å². The molecule has 2 aromatic rings. The molecule has 19 heavy (non-hydrogen) atoms. The third-order valence-corrected chi connectivity index (χ3v) is 2.92. The van der Waals surface area contributed by atoms with Gasteiger partial charge in [0.25, 0.3) is 5.91 Å². The lowest BCUT2D eigenvalue weighted by molar-refractivity contribution is 0.0923. The van der Waals surface area contributed by atoms with Gasteiger partial charge < -0.3 is 19.2 Å². The zero-order valence-electron chi connectivity index (χ0n) is 9.81. The van der Waals surface area contributed by atoms with Crippen molar-refractivity contribution in [2.24, 2.45) is 0 Å².